The number of ether oxygens (including phenoxy) is 2. The van der Waals surface area contributed by atoms with Gasteiger partial charge >= 0.3 is 0 Å². The Bertz CT molecular complexity index is 198. The van der Waals surface area contributed by atoms with Crippen LogP contribution in [0.3, 0.4) is 0 Å². The van der Waals surface area contributed by atoms with E-state index in [1.807, 2.05) is 0 Å². The summed E-state index contributed by atoms with van der Waals surface area (Å²) in [6.45, 7) is 2.97. The normalized spacial score (nSPS) is 29.6. The molecule has 0 spiro atoms. The highest BCUT2D eigenvalue weighted by Crippen LogP contribution is 2.11. The van der Waals surface area contributed by atoms with E-state index in [4.69, 9.17) is 9.47 Å². The Hall–Kier alpha value is -0.260. The van der Waals surface area contributed by atoms with Gasteiger partial charge in [-0.25, -0.2) is 0 Å². The van der Waals surface area contributed by atoms with Crippen LogP contribution < -0.4 is 5.32 Å². The largest absolute Gasteiger partial charge is 0.379 e. The second-order valence-electron chi connectivity index (χ2n) is 3.43. The minimum atomic E-state index is -0.282. The maximum atomic E-state index is 11.4. The molecule has 3 atom stereocenters. The van der Waals surface area contributed by atoms with Crippen molar-refractivity contribution < 1.29 is 14.3 Å². The van der Waals surface area contributed by atoms with Gasteiger partial charge in [-0.2, -0.15) is 12.6 Å². The van der Waals surface area contributed by atoms with Crippen molar-refractivity contribution in [1.82, 2.24) is 5.32 Å². The molecule has 14 heavy (non-hydrogen) atoms. The van der Waals surface area contributed by atoms with Gasteiger partial charge in [0.2, 0.25) is 5.91 Å². The van der Waals surface area contributed by atoms with Gasteiger partial charge in [-0.1, -0.05) is 0 Å². The zero-order chi connectivity index (χ0) is 10.6. The third kappa shape index (κ3) is 3.15. The van der Waals surface area contributed by atoms with Crippen molar-refractivity contribution in [3.05, 3.63) is 0 Å². The molecule has 0 saturated carbocycles. The summed E-state index contributed by atoms with van der Waals surface area (Å²) in [5.41, 5.74) is 0. The van der Waals surface area contributed by atoms with E-state index in [2.05, 4.69) is 17.9 Å². The summed E-state index contributed by atoms with van der Waals surface area (Å²) in [6.07, 6.45) is 0.755. The molecule has 0 aromatic carbocycles. The highest BCUT2D eigenvalue weighted by Gasteiger charge is 2.27. The van der Waals surface area contributed by atoms with Crippen molar-refractivity contribution >= 4 is 18.5 Å². The predicted molar refractivity (Wildman–Crippen MR) is 56.6 cm³/mol. The molecule has 3 unspecified atom stereocenters. The van der Waals surface area contributed by atoms with Gasteiger partial charge in [0.05, 0.1) is 17.9 Å². The number of amides is 1. The molecular weight excluding hydrogens is 202 g/mol. The first-order valence-electron chi connectivity index (χ1n) is 4.74. The smallest absolute Gasteiger partial charge is 0.232 e. The van der Waals surface area contributed by atoms with Crippen LogP contribution in [-0.2, 0) is 14.3 Å². The van der Waals surface area contributed by atoms with Crippen LogP contribution in [-0.4, -0.2) is 43.6 Å². The lowest BCUT2D eigenvalue weighted by atomic mass is 10.1. The molecule has 82 valence electrons. The molecule has 1 amide bonds. The lowest BCUT2D eigenvalue weighted by Crippen LogP contribution is -2.51. The average Bonchev–Trinajstić information content (AvgIpc) is 2.18. The van der Waals surface area contributed by atoms with Gasteiger partial charge in [0.15, 0.2) is 0 Å². The van der Waals surface area contributed by atoms with E-state index >= 15 is 0 Å². The van der Waals surface area contributed by atoms with Crippen molar-refractivity contribution in [2.24, 2.45) is 0 Å². The first kappa shape index (κ1) is 11.8. The number of nitrogens with one attached hydrogen (secondary N) is 1. The molecule has 1 aliphatic heterocycles. The minimum absolute atomic E-state index is 0.0419. The molecule has 1 aliphatic rings. The van der Waals surface area contributed by atoms with Crippen LogP contribution in [0.5, 0.6) is 0 Å². The van der Waals surface area contributed by atoms with Crippen molar-refractivity contribution in [2.75, 3.05) is 20.3 Å². The molecule has 0 radical (unpaired) electrons. The summed E-state index contributed by atoms with van der Waals surface area (Å²) in [5.74, 6) is -0.0534. The fourth-order valence-corrected chi connectivity index (χ4v) is 1.49. The van der Waals surface area contributed by atoms with Crippen LogP contribution in [0, 0.1) is 0 Å². The highest BCUT2D eigenvalue weighted by molar-refractivity contribution is 7.81. The molecule has 0 aromatic heterocycles. The fourth-order valence-electron chi connectivity index (χ4n) is 1.41. The molecule has 1 heterocycles. The Labute approximate surface area is 89.7 Å². The Kier molecular flexibility index (Phi) is 4.71. The van der Waals surface area contributed by atoms with Gasteiger partial charge in [-0.3, -0.25) is 4.79 Å². The molecular formula is C9H17NO3S. The number of carbonyl (C=O) groups is 1. The number of methoxy groups -OCH3 is 1. The SMILES string of the molecule is COC1COCCC1NC(=O)C(C)S. The fraction of sp³-hybridized carbons (Fsp3) is 0.889. The van der Waals surface area contributed by atoms with Crippen LogP contribution in [0.25, 0.3) is 0 Å². The maximum absolute atomic E-state index is 11.4. The number of carbonyl (C=O) groups excluding carboxylic acids is 1. The predicted octanol–water partition coefficient (Wildman–Crippen LogP) is 0.225. The third-order valence-corrected chi connectivity index (χ3v) is 2.55. The molecule has 5 heteroatoms. The van der Waals surface area contributed by atoms with E-state index in [9.17, 15) is 4.79 Å². The molecule has 4 nitrogen and oxygen atoms in total. The summed E-state index contributed by atoms with van der Waals surface area (Å²) in [4.78, 5) is 11.4. The number of rotatable bonds is 3. The highest BCUT2D eigenvalue weighted by atomic mass is 32.1. The molecule has 1 N–H and O–H groups in total. The molecule has 1 fully saturated rings. The lowest BCUT2D eigenvalue weighted by Gasteiger charge is -2.31. The minimum Gasteiger partial charge on any atom is -0.379 e. The summed E-state index contributed by atoms with van der Waals surface area (Å²) in [6, 6.07) is 0.0517. The second-order valence-corrected chi connectivity index (χ2v) is 4.20. The van der Waals surface area contributed by atoms with Gasteiger partial charge in [-0.05, 0) is 13.3 Å². The van der Waals surface area contributed by atoms with Crippen molar-refractivity contribution in [3.63, 3.8) is 0 Å². The van der Waals surface area contributed by atoms with E-state index in [1.54, 1.807) is 14.0 Å². The van der Waals surface area contributed by atoms with E-state index < -0.39 is 0 Å². The number of thiol groups is 1. The molecule has 0 aliphatic carbocycles. The van der Waals surface area contributed by atoms with Crippen molar-refractivity contribution in [2.45, 2.75) is 30.7 Å². The third-order valence-electron chi connectivity index (χ3n) is 2.31. The zero-order valence-electron chi connectivity index (χ0n) is 8.53. The maximum Gasteiger partial charge on any atom is 0.232 e. The van der Waals surface area contributed by atoms with E-state index in [-0.39, 0.29) is 23.3 Å². The first-order chi connectivity index (χ1) is 6.65. The van der Waals surface area contributed by atoms with Crippen molar-refractivity contribution in [3.8, 4) is 0 Å². The summed E-state index contributed by atoms with van der Waals surface area (Å²) in [7, 11) is 1.63. The van der Waals surface area contributed by atoms with E-state index in [0.717, 1.165) is 6.42 Å². The van der Waals surface area contributed by atoms with Crippen LogP contribution in [0.1, 0.15) is 13.3 Å². The van der Waals surface area contributed by atoms with Gasteiger partial charge in [0.1, 0.15) is 6.10 Å². The Morgan fingerprint density at radius 3 is 3.00 bits per heavy atom. The van der Waals surface area contributed by atoms with Gasteiger partial charge in [0.25, 0.3) is 0 Å². The molecule has 0 bridgehead atoms. The van der Waals surface area contributed by atoms with Crippen LogP contribution in [0.4, 0.5) is 0 Å². The summed E-state index contributed by atoms with van der Waals surface area (Å²) >= 11 is 4.07. The number of hydrogen-bond acceptors (Lipinski definition) is 4. The van der Waals surface area contributed by atoms with Crippen LogP contribution >= 0.6 is 12.6 Å². The van der Waals surface area contributed by atoms with Crippen LogP contribution in [0.2, 0.25) is 0 Å². The molecule has 1 saturated heterocycles. The van der Waals surface area contributed by atoms with E-state index in [1.165, 1.54) is 0 Å². The zero-order valence-corrected chi connectivity index (χ0v) is 9.42. The van der Waals surface area contributed by atoms with Crippen LogP contribution in [0.15, 0.2) is 0 Å². The van der Waals surface area contributed by atoms with Gasteiger partial charge in [0, 0.05) is 13.7 Å². The molecule has 0 aromatic rings. The average molecular weight is 219 g/mol. The summed E-state index contributed by atoms with van der Waals surface area (Å²) < 4.78 is 10.5. The van der Waals surface area contributed by atoms with Gasteiger partial charge < -0.3 is 14.8 Å². The Morgan fingerprint density at radius 2 is 2.43 bits per heavy atom. The monoisotopic (exact) mass is 219 g/mol. The topological polar surface area (TPSA) is 47.6 Å². The lowest BCUT2D eigenvalue weighted by molar-refractivity contribution is -0.124. The quantitative estimate of drug-likeness (QED) is 0.668. The Morgan fingerprint density at radius 1 is 1.71 bits per heavy atom. The van der Waals surface area contributed by atoms with Crippen molar-refractivity contribution in [1.29, 1.82) is 0 Å². The number of hydrogen-bond donors (Lipinski definition) is 2. The Balaban J connectivity index is 2.44. The van der Waals surface area contributed by atoms with Gasteiger partial charge in [-0.15, -0.1) is 0 Å². The van der Waals surface area contributed by atoms with E-state index in [0.29, 0.717) is 13.2 Å². The second kappa shape index (κ2) is 5.58. The summed E-state index contributed by atoms with van der Waals surface area (Å²) in [5, 5.41) is 2.62. The molecule has 1 rings (SSSR count). The standard InChI is InChI=1S/C9H17NO3S/c1-6(14)9(11)10-7-3-4-13-5-8(7)12-2/h6-8,14H,3-5H2,1-2H3,(H,10,11). The first-order valence-corrected chi connectivity index (χ1v) is 5.25.